The zero-order valence-corrected chi connectivity index (χ0v) is 10.1. The number of allylic oxidation sites excluding steroid dienone is 1. The number of hydrogen-bond donors (Lipinski definition) is 0. The van der Waals surface area contributed by atoms with Gasteiger partial charge in [-0.15, -0.1) is 0 Å². The normalized spacial score (nSPS) is 21.0. The highest BCUT2D eigenvalue weighted by molar-refractivity contribution is 5.29. The Hall–Kier alpha value is -1.24. The summed E-state index contributed by atoms with van der Waals surface area (Å²) in [4.78, 5) is 0. The summed E-state index contributed by atoms with van der Waals surface area (Å²) in [6.45, 7) is 4.48. The van der Waals surface area contributed by atoms with Crippen LogP contribution in [0, 0.1) is 0 Å². The van der Waals surface area contributed by atoms with Gasteiger partial charge in [0.2, 0.25) is 0 Å². The smallest absolute Gasteiger partial charge is 0.120 e. The Labute approximate surface area is 98.1 Å². The molecule has 86 valence electrons. The quantitative estimate of drug-likeness (QED) is 0.682. The summed E-state index contributed by atoms with van der Waals surface area (Å²) in [5, 5.41) is 0. The third-order valence-electron chi connectivity index (χ3n) is 3.32. The van der Waals surface area contributed by atoms with Crippen LogP contribution in [-0.4, -0.2) is 6.10 Å². The number of ether oxygens (including phenoxy) is 1. The van der Waals surface area contributed by atoms with Crippen LogP contribution < -0.4 is 4.74 Å². The van der Waals surface area contributed by atoms with Gasteiger partial charge < -0.3 is 4.74 Å². The maximum atomic E-state index is 5.86. The van der Waals surface area contributed by atoms with E-state index >= 15 is 0 Å². The second-order valence-electron chi connectivity index (χ2n) is 4.54. The van der Waals surface area contributed by atoms with Gasteiger partial charge in [-0.25, -0.2) is 0 Å². The lowest BCUT2D eigenvalue weighted by atomic mass is 9.99. The molecule has 0 saturated carbocycles. The van der Waals surface area contributed by atoms with Crippen molar-refractivity contribution in [1.82, 2.24) is 0 Å². The van der Waals surface area contributed by atoms with Crippen LogP contribution in [0.4, 0.5) is 0 Å². The van der Waals surface area contributed by atoms with Gasteiger partial charge in [-0.3, -0.25) is 0 Å². The van der Waals surface area contributed by atoms with E-state index in [4.69, 9.17) is 4.74 Å². The largest absolute Gasteiger partial charge is 0.486 e. The van der Waals surface area contributed by atoms with E-state index in [2.05, 4.69) is 50.3 Å². The topological polar surface area (TPSA) is 9.23 Å². The van der Waals surface area contributed by atoms with Crippen LogP contribution >= 0.6 is 0 Å². The van der Waals surface area contributed by atoms with Gasteiger partial charge >= 0.3 is 0 Å². The van der Waals surface area contributed by atoms with Crippen molar-refractivity contribution < 1.29 is 4.74 Å². The van der Waals surface area contributed by atoms with E-state index in [9.17, 15) is 0 Å². The molecule has 2 unspecified atom stereocenters. The summed E-state index contributed by atoms with van der Waals surface area (Å²) in [5.74, 6) is 1.63. The molecule has 1 aromatic carbocycles. The first-order chi connectivity index (χ1) is 7.79. The lowest BCUT2D eigenvalue weighted by molar-refractivity contribution is 0.249. The van der Waals surface area contributed by atoms with Gasteiger partial charge in [0.05, 0.1) is 0 Å². The van der Waals surface area contributed by atoms with Gasteiger partial charge in [-0.1, -0.05) is 32.1 Å². The van der Waals surface area contributed by atoms with Crippen molar-refractivity contribution in [2.24, 2.45) is 0 Å². The average molecular weight is 216 g/mol. The Balaban J connectivity index is 1.98. The minimum Gasteiger partial charge on any atom is -0.486 e. The molecule has 0 saturated heterocycles. The van der Waals surface area contributed by atoms with Crippen LogP contribution in [0.3, 0.4) is 0 Å². The van der Waals surface area contributed by atoms with Crippen LogP contribution in [0.5, 0.6) is 5.75 Å². The molecule has 0 fully saturated rings. The third kappa shape index (κ3) is 2.66. The molecule has 0 N–H and O–H groups in total. The van der Waals surface area contributed by atoms with Gasteiger partial charge in [0.1, 0.15) is 11.9 Å². The Morgan fingerprint density at radius 3 is 2.62 bits per heavy atom. The third-order valence-corrected chi connectivity index (χ3v) is 3.32. The molecular formula is C15H20O. The Kier molecular flexibility index (Phi) is 3.66. The zero-order valence-electron chi connectivity index (χ0n) is 10.1. The molecule has 0 heterocycles. The van der Waals surface area contributed by atoms with Gasteiger partial charge in [-0.05, 0) is 49.0 Å². The van der Waals surface area contributed by atoms with Crippen LogP contribution in [-0.2, 0) is 0 Å². The molecule has 0 bridgehead atoms. The summed E-state index contributed by atoms with van der Waals surface area (Å²) in [6.07, 6.45) is 8.09. The highest BCUT2D eigenvalue weighted by Gasteiger charge is 2.10. The molecule has 0 spiro atoms. The molecule has 2 atom stereocenters. The van der Waals surface area contributed by atoms with Crippen molar-refractivity contribution in [2.75, 3.05) is 0 Å². The van der Waals surface area contributed by atoms with Crippen molar-refractivity contribution >= 4 is 0 Å². The molecule has 1 aliphatic carbocycles. The fraction of sp³-hybridized carbons (Fsp3) is 0.467. The zero-order chi connectivity index (χ0) is 11.4. The molecule has 1 aromatic rings. The van der Waals surface area contributed by atoms with E-state index in [0.717, 1.165) is 18.6 Å². The van der Waals surface area contributed by atoms with Crippen molar-refractivity contribution in [3.05, 3.63) is 42.0 Å². The molecule has 0 amide bonds. The van der Waals surface area contributed by atoms with Crippen LogP contribution in [0.1, 0.15) is 44.6 Å². The van der Waals surface area contributed by atoms with E-state index < -0.39 is 0 Å². The molecule has 1 aliphatic rings. The summed E-state index contributed by atoms with van der Waals surface area (Å²) in [5.41, 5.74) is 1.40. The fourth-order valence-corrected chi connectivity index (χ4v) is 1.99. The summed E-state index contributed by atoms with van der Waals surface area (Å²) >= 11 is 0. The first-order valence-corrected chi connectivity index (χ1v) is 6.23. The van der Waals surface area contributed by atoms with E-state index in [1.54, 1.807) is 0 Å². The summed E-state index contributed by atoms with van der Waals surface area (Å²) < 4.78 is 5.86. The van der Waals surface area contributed by atoms with E-state index in [1.807, 2.05) is 0 Å². The van der Waals surface area contributed by atoms with Gasteiger partial charge in [0, 0.05) is 0 Å². The first-order valence-electron chi connectivity index (χ1n) is 6.23. The molecule has 16 heavy (non-hydrogen) atoms. The number of rotatable bonds is 4. The summed E-state index contributed by atoms with van der Waals surface area (Å²) in [6, 6.07) is 8.55. The minimum absolute atomic E-state index is 0.287. The van der Waals surface area contributed by atoms with Crippen molar-refractivity contribution in [1.29, 1.82) is 0 Å². The second kappa shape index (κ2) is 5.20. The van der Waals surface area contributed by atoms with Crippen molar-refractivity contribution in [2.45, 2.75) is 45.1 Å². The fourth-order valence-electron chi connectivity index (χ4n) is 1.99. The Morgan fingerprint density at radius 1 is 1.31 bits per heavy atom. The highest BCUT2D eigenvalue weighted by Crippen LogP contribution is 2.23. The molecular weight excluding hydrogens is 196 g/mol. The van der Waals surface area contributed by atoms with Crippen LogP contribution in [0.2, 0.25) is 0 Å². The Bertz CT molecular complexity index is 350. The maximum absolute atomic E-state index is 5.86. The van der Waals surface area contributed by atoms with Gasteiger partial charge in [-0.2, -0.15) is 0 Å². The van der Waals surface area contributed by atoms with Gasteiger partial charge in [0.25, 0.3) is 0 Å². The molecule has 2 rings (SSSR count). The first kappa shape index (κ1) is 11.3. The maximum Gasteiger partial charge on any atom is 0.120 e. The second-order valence-corrected chi connectivity index (χ2v) is 4.54. The van der Waals surface area contributed by atoms with E-state index in [-0.39, 0.29) is 6.10 Å². The standard InChI is InChI=1S/C15H20O/c1-3-12(2)13-8-10-15(11-9-13)16-14-6-4-5-7-14/h4,6,8-12,14H,3,5,7H2,1-2H3. The molecule has 1 heteroatoms. The van der Waals surface area contributed by atoms with E-state index in [0.29, 0.717) is 5.92 Å². The minimum atomic E-state index is 0.287. The SMILES string of the molecule is CCC(C)c1ccc(OC2C=CCC2)cc1. The van der Waals surface area contributed by atoms with Crippen LogP contribution in [0.15, 0.2) is 36.4 Å². The Morgan fingerprint density at radius 2 is 2.06 bits per heavy atom. The lowest BCUT2D eigenvalue weighted by Crippen LogP contribution is -2.09. The van der Waals surface area contributed by atoms with Crippen LogP contribution in [0.25, 0.3) is 0 Å². The molecule has 0 aliphatic heterocycles. The predicted octanol–water partition coefficient (Wildman–Crippen LogP) is 4.30. The van der Waals surface area contributed by atoms with E-state index in [1.165, 1.54) is 12.0 Å². The summed E-state index contributed by atoms with van der Waals surface area (Å²) in [7, 11) is 0. The lowest BCUT2D eigenvalue weighted by Gasteiger charge is -2.13. The molecule has 0 radical (unpaired) electrons. The van der Waals surface area contributed by atoms with Gasteiger partial charge in [0.15, 0.2) is 0 Å². The average Bonchev–Trinajstić information content (AvgIpc) is 2.82. The predicted molar refractivity (Wildman–Crippen MR) is 67.9 cm³/mol. The number of hydrogen-bond acceptors (Lipinski definition) is 1. The monoisotopic (exact) mass is 216 g/mol. The highest BCUT2D eigenvalue weighted by atomic mass is 16.5. The van der Waals surface area contributed by atoms with Crippen molar-refractivity contribution in [3.63, 3.8) is 0 Å². The number of benzene rings is 1. The molecule has 1 nitrogen and oxygen atoms in total. The van der Waals surface area contributed by atoms with Crippen molar-refractivity contribution in [3.8, 4) is 5.75 Å². The molecule has 0 aromatic heterocycles.